The van der Waals surface area contributed by atoms with Gasteiger partial charge in [-0.2, -0.15) is 0 Å². The first-order valence-corrected chi connectivity index (χ1v) is 7.47. The molecule has 2 aromatic carbocycles. The van der Waals surface area contributed by atoms with E-state index in [9.17, 15) is 4.79 Å². The van der Waals surface area contributed by atoms with Crippen molar-refractivity contribution in [2.75, 3.05) is 19.0 Å². The van der Waals surface area contributed by atoms with Crippen molar-refractivity contribution in [1.29, 1.82) is 0 Å². The van der Waals surface area contributed by atoms with E-state index >= 15 is 0 Å². The van der Waals surface area contributed by atoms with Crippen LogP contribution < -0.4 is 14.8 Å². The number of allylic oxidation sites excluding steroid dienone is 1. The van der Waals surface area contributed by atoms with E-state index in [0.717, 1.165) is 12.0 Å². The molecule has 0 radical (unpaired) electrons. The third-order valence-electron chi connectivity index (χ3n) is 3.11. The smallest absolute Gasteiger partial charge is 0.262 e. The van der Waals surface area contributed by atoms with Gasteiger partial charge in [-0.05, 0) is 36.2 Å². The van der Waals surface area contributed by atoms with Crippen molar-refractivity contribution in [2.45, 2.75) is 6.42 Å². The summed E-state index contributed by atoms with van der Waals surface area (Å²) in [5, 5.41) is 3.18. The Hall–Kier alpha value is -2.46. The van der Waals surface area contributed by atoms with Gasteiger partial charge in [0.15, 0.2) is 18.1 Å². The van der Waals surface area contributed by atoms with Crippen LogP contribution >= 0.6 is 11.6 Å². The van der Waals surface area contributed by atoms with Crippen molar-refractivity contribution in [3.8, 4) is 11.5 Å². The number of ether oxygens (including phenoxy) is 2. The SMILES string of the molecule is C=CCc1ccc(OCC(=O)Nc2ccccc2Cl)c(OC)c1. The number of benzene rings is 2. The highest BCUT2D eigenvalue weighted by Crippen LogP contribution is 2.28. The molecular formula is C18H18ClNO3. The number of hydrogen-bond donors (Lipinski definition) is 1. The summed E-state index contributed by atoms with van der Waals surface area (Å²) in [4.78, 5) is 12.0. The fourth-order valence-electron chi connectivity index (χ4n) is 2.02. The Labute approximate surface area is 140 Å². The van der Waals surface area contributed by atoms with Crippen LogP contribution in [0.25, 0.3) is 0 Å². The minimum absolute atomic E-state index is 0.137. The number of hydrogen-bond acceptors (Lipinski definition) is 3. The largest absolute Gasteiger partial charge is 0.493 e. The van der Waals surface area contributed by atoms with Crippen LogP contribution in [0.5, 0.6) is 11.5 Å². The van der Waals surface area contributed by atoms with Crippen molar-refractivity contribution in [2.24, 2.45) is 0 Å². The van der Waals surface area contributed by atoms with Crippen molar-refractivity contribution < 1.29 is 14.3 Å². The Morgan fingerprint density at radius 3 is 2.74 bits per heavy atom. The van der Waals surface area contributed by atoms with Gasteiger partial charge in [-0.1, -0.05) is 35.9 Å². The molecule has 120 valence electrons. The van der Waals surface area contributed by atoms with Gasteiger partial charge in [-0.25, -0.2) is 0 Å². The second-order valence-corrected chi connectivity index (χ2v) is 5.20. The van der Waals surface area contributed by atoms with E-state index in [1.54, 1.807) is 37.4 Å². The highest BCUT2D eigenvalue weighted by molar-refractivity contribution is 6.33. The minimum Gasteiger partial charge on any atom is -0.493 e. The molecule has 0 saturated heterocycles. The van der Waals surface area contributed by atoms with Gasteiger partial charge in [-0.3, -0.25) is 4.79 Å². The van der Waals surface area contributed by atoms with Crippen molar-refractivity contribution in [1.82, 2.24) is 0 Å². The molecule has 2 aromatic rings. The van der Waals surface area contributed by atoms with Gasteiger partial charge < -0.3 is 14.8 Å². The molecule has 0 aliphatic carbocycles. The molecular weight excluding hydrogens is 314 g/mol. The average Bonchev–Trinajstić information content (AvgIpc) is 2.56. The Balaban J connectivity index is 1.98. The Morgan fingerprint density at radius 2 is 2.04 bits per heavy atom. The third kappa shape index (κ3) is 4.76. The number of nitrogens with one attached hydrogen (secondary N) is 1. The van der Waals surface area contributed by atoms with Gasteiger partial charge in [0.2, 0.25) is 0 Å². The lowest BCUT2D eigenvalue weighted by atomic mass is 10.1. The van der Waals surface area contributed by atoms with Crippen molar-refractivity contribution in [3.05, 3.63) is 65.7 Å². The van der Waals surface area contributed by atoms with Crippen molar-refractivity contribution >= 4 is 23.2 Å². The highest BCUT2D eigenvalue weighted by atomic mass is 35.5. The summed E-state index contributed by atoms with van der Waals surface area (Å²) in [5.74, 6) is 0.792. The quantitative estimate of drug-likeness (QED) is 0.777. The van der Waals surface area contributed by atoms with Gasteiger partial charge in [0, 0.05) is 0 Å². The molecule has 0 unspecified atom stereocenters. The number of rotatable bonds is 7. The van der Waals surface area contributed by atoms with Crippen LogP contribution in [0.15, 0.2) is 55.1 Å². The van der Waals surface area contributed by atoms with E-state index in [1.165, 1.54) is 0 Å². The molecule has 0 heterocycles. The van der Waals surface area contributed by atoms with Crippen LogP contribution in [0.4, 0.5) is 5.69 Å². The lowest BCUT2D eigenvalue weighted by molar-refractivity contribution is -0.118. The molecule has 4 nitrogen and oxygen atoms in total. The summed E-state index contributed by atoms with van der Waals surface area (Å²) in [6.07, 6.45) is 2.55. The molecule has 2 rings (SSSR count). The molecule has 0 aliphatic heterocycles. The second-order valence-electron chi connectivity index (χ2n) is 4.79. The van der Waals surface area contributed by atoms with E-state index in [4.69, 9.17) is 21.1 Å². The number of anilines is 1. The van der Waals surface area contributed by atoms with E-state index < -0.39 is 0 Å². The number of carbonyl (C=O) groups excluding carboxylic acids is 1. The first-order chi connectivity index (χ1) is 11.1. The lowest BCUT2D eigenvalue weighted by Gasteiger charge is -2.12. The second kappa shape index (κ2) is 8.25. The van der Waals surface area contributed by atoms with Gasteiger partial charge >= 0.3 is 0 Å². The topological polar surface area (TPSA) is 47.6 Å². The lowest BCUT2D eigenvalue weighted by Crippen LogP contribution is -2.20. The molecule has 0 bridgehead atoms. The van der Waals surface area contributed by atoms with Gasteiger partial charge in [0.25, 0.3) is 5.91 Å². The summed E-state index contributed by atoms with van der Waals surface area (Å²) in [6.45, 7) is 3.57. The molecule has 0 atom stereocenters. The number of amides is 1. The van der Waals surface area contributed by atoms with Crippen LogP contribution in [0.3, 0.4) is 0 Å². The predicted octanol–water partition coefficient (Wildman–Crippen LogP) is 4.09. The monoisotopic (exact) mass is 331 g/mol. The summed E-state index contributed by atoms with van der Waals surface area (Å²) in [5.41, 5.74) is 1.61. The zero-order chi connectivity index (χ0) is 16.7. The molecule has 0 fully saturated rings. The van der Waals surface area contributed by atoms with E-state index in [2.05, 4.69) is 11.9 Å². The molecule has 0 saturated carbocycles. The molecule has 1 N–H and O–H groups in total. The molecule has 0 spiro atoms. The van der Waals surface area contributed by atoms with Crippen LogP contribution in [0.1, 0.15) is 5.56 Å². The molecule has 1 amide bonds. The first-order valence-electron chi connectivity index (χ1n) is 7.09. The molecule has 0 aromatic heterocycles. The van der Waals surface area contributed by atoms with Gasteiger partial charge in [-0.15, -0.1) is 6.58 Å². The third-order valence-corrected chi connectivity index (χ3v) is 3.44. The van der Waals surface area contributed by atoms with Crippen LogP contribution in [-0.2, 0) is 11.2 Å². The fraction of sp³-hybridized carbons (Fsp3) is 0.167. The molecule has 5 heteroatoms. The number of methoxy groups -OCH3 is 1. The Bertz CT molecular complexity index is 700. The van der Waals surface area contributed by atoms with E-state index in [1.807, 2.05) is 18.2 Å². The standard InChI is InChI=1S/C18H18ClNO3/c1-3-6-13-9-10-16(17(11-13)22-2)23-12-18(21)20-15-8-5-4-7-14(15)19/h3-5,7-11H,1,6,12H2,2H3,(H,20,21). The molecule has 23 heavy (non-hydrogen) atoms. The highest BCUT2D eigenvalue weighted by Gasteiger charge is 2.10. The Kier molecular flexibility index (Phi) is 6.06. The fourth-order valence-corrected chi connectivity index (χ4v) is 2.20. The number of para-hydroxylation sites is 1. The maximum Gasteiger partial charge on any atom is 0.262 e. The van der Waals surface area contributed by atoms with Crippen LogP contribution in [-0.4, -0.2) is 19.6 Å². The zero-order valence-corrected chi connectivity index (χ0v) is 13.6. The zero-order valence-electron chi connectivity index (χ0n) is 12.8. The summed E-state index contributed by atoms with van der Waals surface area (Å²) in [6, 6.07) is 12.6. The van der Waals surface area contributed by atoms with E-state index in [-0.39, 0.29) is 12.5 Å². The van der Waals surface area contributed by atoms with E-state index in [0.29, 0.717) is 22.2 Å². The number of halogens is 1. The van der Waals surface area contributed by atoms with Crippen LogP contribution in [0.2, 0.25) is 5.02 Å². The maximum absolute atomic E-state index is 12.0. The van der Waals surface area contributed by atoms with Gasteiger partial charge in [0.05, 0.1) is 17.8 Å². The average molecular weight is 332 g/mol. The Morgan fingerprint density at radius 1 is 1.26 bits per heavy atom. The van der Waals surface area contributed by atoms with Crippen LogP contribution in [0, 0.1) is 0 Å². The number of carbonyl (C=O) groups is 1. The minimum atomic E-state index is -0.296. The normalized spacial score (nSPS) is 10.0. The summed E-state index contributed by atoms with van der Waals surface area (Å²) < 4.78 is 10.8. The predicted molar refractivity (Wildman–Crippen MR) is 92.5 cm³/mol. The summed E-state index contributed by atoms with van der Waals surface area (Å²) in [7, 11) is 1.56. The summed E-state index contributed by atoms with van der Waals surface area (Å²) >= 11 is 6.00. The first kappa shape index (κ1) is 16.9. The molecule has 0 aliphatic rings. The van der Waals surface area contributed by atoms with Crippen molar-refractivity contribution in [3.63, 3.8) is 0 Å². The maximum atomic E-state index is 12.0. The van der Waals surface area contributed by atoms with Gasteiger partial charge in [0.1, 0.15) is 0 Å².